The molecule has 5 nitrogen and oxygen atoms in total. The van der Waals surface area contributed by atoms with Crippen LogP contribution in [0.2, 0.25) is 0 Å². The van der Waals surface area contributed by atoms with Crippen molar-refractivity contribution in [2.45, 2.75) is 65.2 Å². The predicted molar refractivity (Wildman–Crippen MR) is 120 cm³/mol. The van der Waals surface area contributed by atoms with Crippen molar-refractivity contribution in [1.82, 2.24) is 5.32 Å². The van der Waals surface area contributed by atoms with Crippen molar-refractivity contribution in [3.63, 3.8) is 0 Å². The Morgan fingerprint density at radius 3 is 2.00 bits per heavy atom. The molecule has 0 saturated heterocycles. The highest BCUT2D eigenvalue weighted by molar-refractivity contribution is 5.98. The van der Waals surface area contributed by atoms with Crippen LogP contribution in [0.3, 0.4) is 0 Å². The van der Waals surface area contributed by atoms with Crippen LogP contribution in [-0.2, 0) is 16.0 Å². The largest absolute Gasteiger partial charge is 0.388 e. The van der Waals surface area contributed by atoms with Gasteiger partial charge >= 0.3 is 0 Å². The van der Waals surface area contributed by atoms with Gasteiger partial charge in [0, 0.05) is 5.56 Å². The molecule has 0 spiro atoms. The highest BCUT2D eigenvalue weighted by Gasteiger charge is 2.30. The number of carbonyl (C=O) groups is 2. The summed E-state index contributed by atoms with van der Waals surface area (Å²) in [6.07, 6.45) is 1.60. The van der Waals surface area contributed by atoms with E-state index in [9.17, 15) is 14.7 Å². The minimum atomic E-state index is -0.924. The summed E-state index contributed by atoms with van der Waals surface area (Å²) in [5.74, 6) is -0.861. The zero-order chi connectivity index (χ0) is 22.3. The molecule has 0 aliphatic heterocycles. The average Bonchev–Trinajstić information content (AvgIpc) is 2.71. The molecule has 0 unspecified atom stereocenters. The van der Waals surface area contributed by atoms with E-state index >= 15 is 0 Å². The van der Waals surface area contributed by atoms with Gasteiger partial charge < -0.3 is 15.2 Å². The molecule has 2 N–H and O–H groups in total. The molecule has 30 heavy (non-hydrogen) atoms. The van der Waals surface area contributed by atoms with Gasteiger partial charge in [-0.2, -0.15) is 0 Å². The molecule has 2 rings (SSSR count). The first-order valence-electron chi connectivity index (χ1n) is 10.5. The summed E-state index contributed by atoms with van der Waals surface area (Å²) < 4.78 is 5.82. The van der Waals surface area contributed by atoms with E-state index in [2.05, 4.69) is 36.5 Å². The van der Waals surface area contributed by atoms with Crippen molar-refractivity contribution < 1.29 is 19.4 Å². The molecule has 0 radical (unpaired) electrons. The van der Waals surface area contributed by atoms with Crippen LogP contribution >= 0.6 is 0 Å². The minimum absolute atomic E-state index is 0.379. The van der Waals surface area contributed by atoms with Crippen LogP contribution in [0.5, 0.6) is 0 Å². The number of hydrogen-bond acceptors (Lipinski definition) is 4. The topological polar surface area (TPSA) is 75.6 Å². The molecular weight excluding hydrogens is 378 g/mol. The van der Waals surface area contributed by atoms with Gasteiger partial charge in [-0.3, -0.25) is 9.59 Å². The number of aliphatic hydroxyl groups is 1. The first-order valence-corrected chi connectivity index (χ1v) is 10.5. The fraction of sp³-hybridized carbons (Fsp3) is 0.440. The van der Waals surface area contributed by atoms with E-state index in [4.69, 9.17) is 4.74 Å². The number of Topliss-reactive ketones (excluding diaryl/α,β-unsaturated/α-hetero) is 1. The molecule has 1 amide bonds. The van der Waals surface area contributed by atoms with Gasteiger partial charge in [0.15, 0.2) is 5.78 Å². The summed E-state index contributed by atoms with van der Waals surface area (Å²) in [6, 6.07) is 14.8. The molecule has 0 aliphatic carbocycles. The third-order valence-electron chi connectivity index (χ3n) is 4.77. The standard InChI is InChI=1S/C25H33NO4/c1-6-7-18-8-10-19(11-9-18)20-12-14-21(15-13-20)24(29)26-23(22(28)16-27)17(2)30-25(3,4)5/h8-15,17,23,27H,6-7,16H2,1-5H3,(H,26,29)/t17-,23+/m1/s1. The van der Waals surface area contributed by atoms with Gasteiger partial charge in [-0.05, 0) is 62.9 Å². The Kier molecular flexibility index (Phi) is 8.33. The number of carbonyl (C=O) groups excluding carboxylic acids is 2. The van der Waals surface area contributed by atoms with Crippen molar-refractivity contribution >= 4 is 11.7 Å². The fourth-order valence-corrected chi connectivity index (χ4v) is 3.37. The second-order valence-electron chi connectivity index (χ2n) is 8.54. The predicted octanol–water partition coefficient (Wildman–Crippen LogP) is 4.17. The van der Waals surface area contributed by atoms with Crippen molar-refractivity contribution in [2.24, 2.45) is 0 Å². The molecule has 162 valence electrons. The number of aliphatic hydroxyl groups excluding tert-OH is 1. The Morgan fingerprint density at radius 1 is 1.00 bits per heavy atom. The fourth-order valence-electron chi connectivity index (χ4n) is 3.37. The molecule has 0 heterocycles. The van der Waals surface area contributed by atoms with Crippen LogP contribution in [0.25, 0.3) is 11.1 Å². The van der Waals surface area contributed by atoms with Crippen molar-refractivity contribution in [2.75, 3.05) is 6.61 Å². The lowest BCUT2D eigenvalue weighted by atomic mass is 10.0. The second-order valence-corrected chi connectivity index (χ2v) is 8.54. The van der Waals surface area contributed by atoms with Crippen LogP contribution < -0.4 is 5.32 Å². The maximum Gasteiger partial charge on any atom is 0.251 e. The summed E-state index contributed by atoms with van der Waals surface area (Å²) >= 11 is 0. The summed E-state index contributed by atoms with van der Waals surface area (Å²) in [7, 11) is 0. The smallest absolute Gasteiger partial charge is 0.251 e. The summed E-state index contributed by atoms with van der Waals surface area (Å²) in [5, 5.41) is 12.0. The van der Waals surface area contributed by atoms with E-state index in [0.717, 1.165) is 24.0 Å². The van der Waals surface area contributed by atoms with Crippen LogP contribution in [0.1, 0.15) is 57.0 Å². The maximum absolute atomic E-state index is 12.7. The maximum atomic E-state index is 12.7. The Hall–Kier alpha value is -2.50. The number of ether oxygens (including phenoxy) is 1. The highest BCUT2D eigenvalue weighted by Crippen LogP contribution is 2.21. The van der Waals surface area contributed by atoms with Gasteiger partial charge in [0.1, 0.15) is 12.6 Å². The van der Waals surface area contributed by atoms with E-state index in [0.29, 0.717) is 5.56 Å². The number of aryl methyl sites for hydroxylation is 1. The van der Waals surface area contributed by atoms with Gasteiger partial charge in [-0.15, -0.1) is 0 Å². The first kappa shape index (κ1) is 23.8. The summed E-state index contributed by atoms with van der Waals surface area (Å²) in [4.78, 5) is 24.9. The molecular formula is C25H33NO4. The Labute approximate surface area is 179 Å². The van der Waals surface area contributed by atoms with Crippen LogP contribution in [0, 0.1) is 0 Å². The third kappa shape index (κ3) is 6.78. The number of hydrogen-bond donors (Lipinski definition) is 2. The van der Waals surface area contributed by atoms with Gasteiger partial charge in [0.2, 0.25) is 0 Å². The monoisotopic (exact) mass is 411 g/mol. The quantitative estimate of drug-likeness (QED) is 0.649. The van der Waals surface area contributed by atoms with Crippen LogP contribution in [0.15, 0.2) is 48.5 Å². The van der Waals surface area contributed by atoms with Crippen molar-refractivity contribution in [1.29, 1.82) is 0 Å². The first-order chi connectivity index (χ1) is 14.1. The molecule has 0 bridgehead atoms. The van der Waals surface area contributed by atoms with Gasteiger partial charge in [-0.25, -0.2) is 0 Å². The average molecular weight is 412 g/mol. The van der Waals surface area contributed by atoms with Crippen LogP contribution in [0.4, 0.5) is 0 Å². The van der Waals surface area contributed by atoms with E-state index in [1.807, 2.05) is 32.9 Å². The lowest BCUT2D eigenvalue weighted by molar-refractivity contribution is -0.131. The SMILES string of the molecule is CCCc1ccc(-c2ccc(C(=O)N[C@H](C(=O)CO)[C@@H](C)OC(C)(C)C)cc2)cc1. The van der Waals surface area contributed by atoms with Gasteiger partial charge in [0.05, 0.1) is 11.7 Å². The lowest BCUT2D eigenvalue weighted by Crippen LogP contribution is -2.51. The van der Waals surface area contributed by atoms with E-state index in [1.165, 1.54) is 5.56 Å². The summed E-state index contributed by atoms with van der Waals surface area (Å²) in [6.45, 7) is 8.84. The molecule has 2 atom stereocenters. The summed E-state index contributed by atoms with van der Waals surface area (Å²) in [5.41, 5.74) is 3.37. The number of nitrogens with one attached hydrogen (secondary N) is 1. The number of amides is 1. The van der Waals surface area contributed by atoms with E-state index in [-0.39, 0.29) is 5.91 Å². The lowest BCUT2D eigenvalue weighted by Gasteiger charge is -2.30. The highest BCUT2D eigenvalue weighted by atomic mass is 16.5. The number of ketones is 1. The van der Waals surface area contributed by atoms with Gasteiger partial charge in [-0.1, -0.05) is 49.7 Å². The van der Waals surface area contributed by atoms with Crippen molar-refractivity contribution in [3.8, 4) is 11.1 Å². The zero-order valence-electron chi connectivity index (χ0n) is 18.6. The third-order valence-corrected chi connectivity index (χ3v) is 4.77. The molecule has 0 saturated carbocycles. The molecule has 0 aliphatic rings. The number of rotatable bonds is 9. The Balaban J connectivity index is 2.12. The van der Waals surface area contributed by atoms with E-state index in [1.54, 1.807) is 19.1 Å². The normalized spacial score (nSPS) is 13.5. The van der Waals surface area contributed by atoms with Gasteiger partial charge in [0.25, 0.3) is 5.91 Å². The molecule has 5 heteroatoms. The zero-order valence-corrected chi connectivity index (χ0v) is 18.6. The van der Waals surface area contributed by atoms with Crippen LogP contribution in [-0.4, -0.2) is 41.2 Å². The Bertz CT molecular complexity index is 835. The molecule has 2 aromatic carbocycles. The molecule has 2 aromatic rings. The second kappa shape index (κ2) is 10.5. The van der Waals surface area contributed by atoms with E-state index < -0.39 is 30.1 Å². The minimum Gasteiger partial charge on any atom is -0.388 e. The van der Waals surface area contributed by atoms with Crippen molar-refractivity contribution in [3.05, 3.63) is 59.7 Å². The Morgan fingerprint density at radius 2 is 1.53 bits per heavy atom. The molecule has 0 fully saturated rings. The molecule has 0 aromatic heterocycles. The number of benzene rings is 2.